The third-order valence-electron chi connectivity index (χ3n) is 3.72. The molecule has 1 heteroatoms. The van der Waals surface area contributed by atoms with Crippen molar-refractivity contribution in [3.05, 3.63) is 91.5 Å². The monoisotopic (exact) mass is 291 g/mol. The summed E-state index contributed by atoms with van der Waals surface area (Å²) in [6.07, 6.45) is 8.81. The van der Waals surface area contributed by atoms with E-state index < -0.39 is 7.92 Å². The van der Waals surface area contributed by atoms with Gasteiger partial charge in [-0.05, 0) is 55.7 Å². The highest BCUT2D eigenvalue weighted by Gasteiger charge is 2.30. The molecular weight excluding hydrogens is 271 g/mol. The predicted octanol–water partition coefficient (Wildman–Crippen LogP) is 4.61. The molecule has 0 bridgehead atoms. The molecule has 5 radical (unpaired) electrons. The van der Waals surface area contributed by atoms with Gasteiger partial charge in [0.15, 0.2) is 0 Å². The minimum absolute atomic E-state index is 0.462. The Morgan fingerprint density at radius 2 is 1.38 bits per heavy atom. The molecule has 2 aromatic carbocycles. The molecule has 0 unspecified atom stereocenters. The molecule has 0 saturated heterocycles. The van der Waals surface area contributed by atoms with E-state index in [4.69, 9.17) is 0 Å². The molecule has 3 rings (SSSR count). The molecule has 0 nitrogen and oxygen atoms in total. The van der Waals surface area contributed by atoms with Crippen molar-refractivity contribution in [1.82, 2.24) is 0 Å². The Morgan fingerprint density at radius 1 is 0.762 bits per heavy atom. The Bertz CT molecular complexity index is 567. The summed E-state index contributed by atoms with van der Waals surface area (Å²) in [5.74, 6) is 0.546. The van der Waals surface area contributed by atoms with Gasteiger partial charge in [0, 0.05) is 5.66 Å². The number of benzene rings is 2. The molecule has 1 saturated carbocycles. The second kappa shape index (κ2) is 6.75. The fourth-order valence-electron chi connectivity index (χ4n) is 2.70. The first-order valence-corrected chi connectivity index (χ1v) is 8.77. The van der Waals surface area contributed by atoms with Crippen LogP contribution in [0.4, 0.5) is 0 Å². The highest BCUT2D eigenvalue weighted by atomic mass is 31.1. The van der Waals surface area contributed by atoms with E-state index in [0.29, 0.717) is 5.92 Å². The molecule has 2 aromatic rings. The lowest BCUT2D eigenvalue weighted by Gasteiger charge is -2.27. The fourth-order valence-corrected chi connectivity index (χ4v) is 5.32. The fraction of sp³-hybridized carbons (Fsp3) is 0.150. The molecule has 0 N–H and O–H groups in total. The zero-order valence-corrected chi connectivity index (χ0v) is 13.4. The van der Waals surface area contributed by atoms with Crippen molar-refractivity contribution in [2.75, 3.05) is 0 Å². The van der Waals surface area contributed by atoms with Gasteiger partial charge in [-0.15, -0.1) is 0 Å². The second-order valence-corrected chi connectivity index (χ2v) is 7.71. The maximum Gasteiger partial charge on any atom is 0.0161 e. The summed E-state index contributed by atoms with van der Waals surface area (Å²) in [4.78, 5) is 0. The van der Waals surface area contributed by atoms with Crippen LogP contribution in [-0.2, 0) is 0 Å². The summed E-state index contributed by atoms with van der Waals surface area (Å²) >= 11 is 0. The van der Waals surface area contributed by atoms with Crippen molar-refractivity contribution >= 4 is 18.5 Å². The second-order valence-electron chi connectivity index (χ2n) is 5.53. The summed E-state index contributed by atoms with van der Waals surface area (Å²) in [5, 5.41) is 2.91. The summed E-state index contributed by atoms with van der Waals surface area (Å²) in [6.45, 7) is 4.56. The van der Waals surface area contributed by atoms with Crippen LogP contribution >= 0.6 is 7.92 Å². The first kappa shape index (κ1) is 14.8. The Morgan fingerprint density at radius 3 is 2.05 bits per heavy atom. The first-order chi connectivity index (χ1) is 10.3. The van der Waals surface area contributed by atoms with Crippen molar-refractivity contribution < 1.29 is 0 Å². The van der Waals surface area contributed by atoms with E-state index in [0.717, 1.165) is 0 Å². The molecule has 21 heavy (non-hydrogen) atoms. The van der Waals surface area contributed by atoms with Crippen LogP contribution in [0.2, 0.25) is 0 Å². The van der Waals surface area contributed by atoms with Crippen molar-refractivity contribution in [2.45, 2.75) is 19.8 Å². The van der Waals surface area contributed by atoms with Gasteiger partial charge in [-0.25, -0.2) is 0 Å². The summed E-state index contributed by atoms with van der Waals surface area (Å²) in [6, 6.07) is 19.8. The van der Waals surface area contributed by atoms with Gasteiger partial charge in [-0.2, -0.15) is 0 Å². The predicted molar refractivity (Wildman–Crippen MR) is 93.6 cm³/mol. The third-order valence-corrected chi connectivity index (χ3v) is 6.24. The number of hydrogen-bond donors (Lipinski definition) is 0. The van der Waals surface area contributed by atoms with Gasteiger partial charge in [-0.3, -0.25) is 0 Å². The molecule has 0 aromatic heterocycles. The van der Waals surface area contributed by atoms with E-state index in [1.807, 2.05) is 0 Å². The highest BCUT2D eigenvalue weighted by Crippen LogP contribution is 2.52. The smallest absolute Gasteiger partial charge is 0.0161 e. The standard InChI is InChI=1S/C20H20P/c1-16(2)19-14-8-9-15-20(19)21(18-12-6-7-13-18)17-10-4-3-5-11-17/h3-16H,1-2H3/t21-/m1/s1. The van der Waals surface area contributed by atoms with Crippen LogP contribution in [0.5, 0.6) is 0 Å². The molecule has 0 aliphatic heterocycles. The van der Waals surface area contributed by atoms with Gasteiger partial charge in [-0.1, -0.05) is 68.4 Å². The minimum Gasteiger partial charge on any atom is -0.0622 e. The summed E-state index contributed by atoms with van der Waals surface area (Å²) in [5.41, 5.74) is 2.90. The van der Waals surface area contributed by atoms with Gasteiger partial charge >= 0.3 is 0 Å². The normalized spacial score (nSPS) is 17.3. The maximum atomic E-state index is 2.31. The van der Waals surface area contributed by atoms with Gasteiger partial charge in [0.2, 0.25) is 0 Å². The van der Waals surface area contributed by atoms with Crippen LogP contribution in [0.15, 0.2) is 54.6 Å². The highest BCUT2D eigenvalue weighted by molar-refractivity contribution is 7.76. The lowest BCUT2D eigenvalue weighted by Crippen LogP contribution is -2.20. The molecule has 0 amide bonds. The molecule has 1 aliphatic rings. The maximum absolute atomic E-state index is 2.31. The number of hydrogen-bond acceptors (Lipinski definition) is 0. The zero-order valence-electron chi connectivity index (χ0n) is 12.5. The molecular formula is C20H20P. The molecule has 0 spiro atoms. The molecule has 1 atom stereocenters. The van der Waals surface area contributed by atoms with Crippen LogP contribution < -0.4 is 10.6 Å². The zero-order chi connectivity index (χ0) is 14.7. The van der Waals surface area contributed by atoms with Gasteiger partial charge in [0.05, 0.1) is 0 Å². The lowest BCUT2D eigenvalue weighted by molar-refractivity contribution is 0.873. The largest absolute Gasteiger partial charge is 0.0622 e. The van der Waals surface area contributed by atoms with Crippen molar-refractivity contribution in [1.29, 1.82) is 0 Å². The minimum atomic E-state index is -0.462. The molecule has 1 aliphatic carbocycles. The average molecular weight is 291 g/mol. The summed E-state index contributed by atoms with van der Waals surface area (Å²) < 4.78 is 0. The lowest BCUT2D eigenvalue weighted by atomic mass is 10.0. The van der Waals surface area contributed by atoms with Crippen LogP contribution in [0.3, 0.4) is 0 Å². The van der Waals surface area contributed by atoms with E-state index in [-0.39, 0.29) is 0 Å². The van der Waals surface area contributed by atoms with Crippen LogP contribution in [0, 0.1) is 31.3 Å². The summed E-state index contributed by atoms with van der Waals surface area (Å²) in [7, 11) is -0.462. The van der Waals surface area contributed by atoms with E-state index in [1.165, 1.54) is 21.8 Å². The Balaban J connectivity index is 2.07. The number of rotatable bonds is 4. The molecule has 1 fully saturated rings. The van der Waals surface area contributed by atoms with Gasteiger partial charge < -0.3 is 0 Å². The van der Waals surface area contributed by atoms with E-state index in [1.54, 1.807) is 0 Å². The average Bonchev–Trinajstić information content (AvgIpc) is 3.03. The first-order valence-electron chi connectivity index (χ1n) is 7.43. The topological polar surface area (TPSA) is 0 Å². The van der Waals surface area contributed by atoms with Crippen LogP contribution in [0.1, 0.15) is 25.3 Å². The SMILES string of the molecule is CC(C)c1ccccc1[P@@]([C]1[CH][CH][CH][CH]1)c1ccccc1. The van der Waals surface area contributed by atoms with Crippen molar-refractivity contribution in [3.8, 4) is 0 Å². The van der Waals surface area contributed by atoms with Crippen LogP contribution in [0.25, 0.3) is 0 Å². The molecule has 105 valence electrons. The van der Waals surface area contributed by atoms with Crippen LogP contribution in [-0.4, -0.2) is 0 Å². The van der Waals surface area contributed by atoms with Crippen molar-refractivity contribution in [2.24, 2.45) is 0 Å². The third kappa shape index (κ3) is 3.22. The van der Waals surface area contributed by atoms with Gasteiger partial charge in [0.25, 0.3) is 0 Å². The van der Waals surface area contributed by atoms with Gasteiger partial charge in [0.1, 0.15) is 0 Å². The van der Waals surface area contributed by atoms with Crippen molar-refractivity contribution in [3.63, 3.8) is 0 Å². The quantitative estimate of drug-likeness (QED) is 0.722. The van der Waals surface area contributed by atoms with E-state index >= 15 is 0 Å². The Labute approximate surface area is 130 Å². The van der Waals surface area contributed by atoms with E-state index in [9.17, 15) is 0 Å². The Hall–Kier alpha value is -1.13. The Kier molecular flexibility index (Phi) is 4.76. The van der Waals surface area contributed by atoms with E-state index in [2.05, 4.69) is 94.1 Å². The molecule has 0 heterocycles.